The maximum Gasteiger partial charge on any atom is 0.0726 e. The topological polar surface area (TPSA) is 49.9 Å². The van der Waals surface area contributed by atoms with E-state index in [4.69, 9.17) is 4.74 Å². The van der Waals surface area contributed by atoms with Gasteiger partial charge in [-0.25, -0.2) is 0 Å². The van der Waals surface area contributed by atoms with Gasteiger partial charge in [0, 0.05) is 18.8 Å². The molecule has 2 rings (SSSR count). The third kappa shape index (κ3) is 1.76. The van der Waals surface area contributed by atoms with E-state index in [-0.39, 0.29) is 0 Å². The van der Waals surface area contributed by atoms with Crippen molar-refractivity contribution in [2.45, 2.75) is 18.9 Å². The van der Waals surface area contributed by atoms with E-state index in [9.17, 15) is 0 Å². The van der Waals surface area contributed by atoms with Crippen LogP contribution in [0.3, 0.4) is 0 Å². The van der Waals surface area contributed by atoms with Gasteiger partial charge in [0.05, 0.1) is 18.5 Å². The first kappa shape index (κ1) is 7.61. The van der Waals surface area contributed by atoms with E-state index in [1.807, 2.05) is 6.20 Å². The SMILES string of the molecule is c1n[nH]cc1NC1CCCOC1. The summed E-state index contributed by atoms with van der Waals surface area (Å²) in [6, 6.07) is 0.455. The second-order valence-electron chi connectivity index (χ2n) is 3.05. The minimum absolute atomic E-state index is 0.455. The Morgan fingerprint density at radius 2 is 2.67 bits per heavy atom. The maximum absolute atomic E-state index is 5.34. The molecule has 4 nitrogen and oxygen atoms in total. The molecule has 0 aliphatic carbocycles. The van der Waals surface area contributed by atoms with Crippen LogP contribution in [0.25, 0.3) is 0 Å². The molecule has 0 spiro atoms. The highest BCUT2D eigenvalue weighted by Crippen LogP contribution is 2.12. The van der Waals surface area contributed by atoms with Crippen molar-refractivity contribution in [1.82, 2.24) is 10.2 Å². The zero-order valence-electron chi connectivity index (χ0n) is 6.92. The minimum Gasteiger partial charge on any atom is -0.379 e. The van der Waals surface area contributed by atoms with Gasteiger partial charge in [-0.2, -0.15) is 5.10 Å². The molecular weight excluding hydrogens is 154 g/mol. The van der Waals surface area contributed by atoms with Crippen LogP contribution in [-0.2, 0) is 4.74 Å². The molecule has 12 heavy (non-hydrogen) atoms. The zero-order valence-corrected chi connectivity index (χ0v) is 6.92. The molecule has 2 N–H and O–H groups in total. The van der Waals surface area contributed by atoms with Crippen LogP contribution in [0.4, 0.5) is 5.69 Å². The van der Waals surface area contributed by atoms with Crippen molar-refractivity contribution in [1.29, 1.82) is 0 Å². The van der Waals surface area contributed by atoms with Crippen molar-refractivity contribution >= 4 is 5.69 Å². The Labute approximate surface area is 71.3 Å². The van der Waals surface area contributed by atoms with Gasteiger partial charge in [0.2, 0.25) is 0 Å². The standard InChI is InChI=1S/C8H13N3O/c1-2-7(6-12-3-1)11-8-4-9-10-5-8/h4-5,7,11H,1-3,6H2,(H,9,10). The van der Waals surface area contributed by atoms with Crippen LogP contribution in [0.5, 0.6) is 0 Å². The molecule has 0 bridgehead atoms. The molecule has 1 aliphatic heterocycles. The van der Waals surface area contributed by atoms with Gasteiger partial charge >= 0.3 is 0 Å². The van der Waals surface area contributed by atoms with E-state index >= 15 is 0 Å². The van der Waals surface area contributed by atoms with Gasteiger partial charge in [-0.1, -0.05) is 0 Å². The highest BCUT2D eigenvalue weighted by molar-refractivity contribution is 5.38. The molecule has 0 saturated carbocycles. The van der Waals surface area contributed by atoms with Gasteiger partial charge in [0.15, 0.2) is 0 Å². The molecule has 1 saturated heterocycles. The fourth-order valence-corrected chi connectivity index (χ4v) is 1.42. The van der Waals surface area contributed by atoms with E-state index in [1.165, 1.54) is 6.42 Å². The molecule has 0 amide bonds. The third-order valence-corrected chi connectivity index (χ3v) is 2.03. The molecule has 1 atom stereocenters. The van der Waals surface area contributed by atoms with Crippen LogP contribution in [0, 0.1) is 0 Å². The lowest BCUT2D eigenvalue weighted by atomic mass is 10.1. The minimum atomic E-state index is 0.455. The fraction of sp³-hybridized carbons (Fsp3) is 0.625. The number of hydrogen-bond acceptors (Lipinski definition) is 3. The summed E-state index contributed by atoms with van der Waals surface area (Å²) in [7, 11) is 0. The normalized spacial score (nSPS) is 23.8. The maximum atomic E-state index is 5.34. The number of ether oxygens (including phenoxy) is 1. The molecule has 1 fully saturated rings. The molecule has 4 heteroatoms. The van der Waals surface area contributed by atoms with Gasteiger partial charge in [-0.15, -0.1) is 0 Å². The summed E-state index contributed by atoms with van der Waals surface area (Å²) < 4.78 is 5.34. The molecule has 1 unspecified atom stereocenters. The van der Waals surface area contributed by atoms with Crippen molar-refractivity contribution in [2.24, 2.45) is 0 Å². The van der Waals surface area contributed by atoms with Crippen molar-refractivity contribution in [2.75, 3.05) is 18.5 Å². The van der Waals surface area contributed by atoms with Crippen LogP contribution in [0.2, 0.25) is 0 Å². The van der Waals surface area contributed by atoms with E-state index < -0.39 is 0 Å². The number of H-pyrrole nitrogens is 1. The average Bonchev–Trinajstić information content (AvgIpc) is 2.59. The summed E-state index contributed by atoms with van der Waals surface area (Å²) in [6.07, 6.45) is 5.98. The van der Waals surface area contributed by atoms with Gasteiger partial charge < -0.3 is 10.1 Å². The number of aromatic amines is 1. The first-order chi connectivity index (χ1) is 5.95. The lowest BCUT2D eigenvalue weighted by Crippen LogP contribution is -2.29. The number of aromatic nitrogens is 2. The van der Waals surface area contributed by atoms with Crippen molar-refractivity contribution in [3.63, 3.8) is 0 Å². The Kier molecular flexibility index (Phi) is 2.27. The van der Waals surface area contributed by atoms with E-state index in [0.717, 1.165) is 25.3 Å². The summed E-state index contributed by atoms with van der Waals surface area (Å²) in [5.74, 6) is 0. The number of hydrogen-bond donors (Lipinski definition) is 2. The van der Waals surface area contributed by atoms with Gasteiger partial charge in [-0.3, -0.25) is 5.10 Å². The van der Waals surface area contributed by atoms with Crippen LogP contribution >= 0.6 is 0 Å². The summed E-state index contributed by atoms with van der Waals surface area (Å²) >= 11 is 0. The molecule has 0 aromatic carbocycles. The number of nitrogens with one attached hydrogen (secondary N) is 2. The largest absolute Gasteiger partial charge is 0.379 e. The lowest BCUT2D eigenvalue weighted by molar-refractivity contribution is 0.0876. The summed E-state index contributed by atoms with van der Waals surface area (Å²) in [6.45, 7) is 1.72. The number of rotatable bonds is 2. The molecule has 1 aromatic rings. The second-order valence-corrected chi connectivity index (χ2v) is 3.05. The first-order valence-corrected chi connectivity index (χ1v) is 4.28. The summed E-state index contributed by atoms with van der Waals surface area (Å²) in [4.78, 5) is 0. The zero-order chi connectivity index (χ0) is 8.23. The molecule has 1 aromatic heterocycles. The Morgan fingerprint density at radius 1 is 1.67 bits per heavy atom. The predicted molar refractivity (Wildman–Crippen MR) is 46.1 cm³/mol. The highest BCUT2D eigenvalue weighted by atomic mass is 16.5. The number of nitrogens with zero attached hydrogens (tertiary/aromatic N) is 1. The molecule has 1 aliphatic rings. The van der Waals surface area contributed by atoms with E-state index in [2.05, 4.69) is 15.5 Å². The van der Waals surface area contributed by atoms with Crippen LogP contribution < -0.4 is 5.32 Å². The van der Waals surface area contributed by atoms with Crippen LogP contribution in [0.15, 0.2) is 12.4 Å². The number of anilines is 1. The van der Waals surface area contributed by atoms with Crippen molar-refractivity contribution in [3.8, 4) is 0 Å². The Hall–Kier alpha value is -1.03. The smallest absolute Gasteiger partial charge is 0.0726 e. The van der Waals surface area contributed by atoms with Gasteiger partial charge in [0.25, 0.3) is 0 Å². The molecule has 2 heterocycles. The second kappa shape index (κ2) is 3.58. The Balaban J connectivity index is 1.86. The Bertz CT molecular complexity index is 216. The summed E-state index contributed by atoms with van der Waals surface area (Å²) in [5.41, 5.74) is 1.05. The molecule has 66 valence electrons. The highest BCUT2D eigenvalue weighted by Gasteiger charge is 2.13. The Morgan fingerprint density at radius 3 is 3.33 bits per heavy atom. The fourth-order valence-electron chi connectivity index (χ4n) is 1.42. The third-order valence-electron chi connectivity index (χ3n) is 2.03. The van der Waals surface area contributed by atoms with Gasteiger partial charge in [-0.05, 0) is 12.8 Å². The first-order valence-electron chi connectivity index (χ1n) is 4.28. The molecule has 0 radical (unpaired) electrons. The average molecular weight is 167 g/mol. The van der Waals surface area contributed by atoms with Crippen LogP contribution in [-0.4, -0.2) is 29.5 Å². The lowest BCUT2D eigenvalue weighted by Gasteiger charge is -2.23. The van der Waals surface area contributed by atoms with E-state index in [1.54, 1.807) is 6.20 Å². The predicted octanol–water partition coefficient (Wildman–Crippen LogP) is 1.00. The monoisotopic (exact) mass is 167 g/mol. The van der Waals surface area contributed by atoms with Gasteiger partial charge in [0.1, 0.15) is 0 Å². The van der Waals surface area contributed by atoms with Crippen molar-refractivity contribution in [3.05, 3.63) is 12.4 Å². The molecular formula is C8H13N3O. The summed E-state index contributed by atoms with van der Waals surface area (Å²) in [5, 5.41) is 9.97. The van der Waals surface area contributed by atoms with Crippen molar-refractivity contribution < 1.29 is 4.74 Å². The van der Waals surface area contributed by atoms with Crippen LogP contribution in [0.1, 0.15) is 12.8 Å². The quantitative estimate of drug-likeness (QED) is 0.691. The van der Waals surface area contributed by atoms with E-state index in [0.29, 0.717) is 6.04 Å².